The molecule has 0 aromatic heterocycles. The topological polar surface area (TPSA) is 105 Å². The highest BCUT2D eigenvalue weighted by molar-refractivity contribution is 5.85. The first-order valence-corrected chi connectivity index (χ1v) is 7.90. The highest BCUT2D eigenvalue weighted by Gasteiger charge is 2.19. The Labute approximate surface area is 156 Å². The van der Waals surface area contributed by atoms with Crippen LogP contribution in [0.25, 0.3) is 0 Å². The maximum atomic E-state index is 11.5. The molecule has 0 aliphatic carbocycles. The van der Waals surface area contributed by atoms with Crippen LogP contribution in [-0.2, 0) is 19.1 Å². The monoisotopic (exact) mass is 384 g/mol. The van der Waals surface area contributed by atoms with Crippen molar-refractivity contribution in [2.24, 2.45) is 0 Å². The average Bonchev–Trinajstić information content (AvgIpc) is 2.45. The molecule has 0 atom stereocenters. The van der Waals surface area contributed by atoms with Gasteiger partial charge >= 0.3 is 18.0 Å². The third-order valence-electron chi connectivity index (χ3n) is 2.62. The predicted octanol–water partition coefficient (Wildman–Crippen LogP) is 2.30. The van der Waals surface area contributed by atoms with E-state index in [0.29, 0.717) is 25.8 Å². The first-order valence-electron chi connectivity index (χ1n) is 7.90. The summed E-state index contributed by atoms with van der Waals surface area (Å²) in [5.74, 6) is -0.988. The molecule has 0 aliphatic rings. The predicted molar refractivity (Wildman–Crippen MR) is 98.2 cm³/mol. The summed E-state index contributed by atoms with van der Waals surface area (Å²) in [5.41, 5.74) is -0.492. The second kappa shape index (κ2) is 16.0. The largest absolute Gasteiger partial charge is 0.481 e. The maximum Gasteiger partial charge on any atom is 0.410 e. The molecule has 0 aromatic carbocycles. The maximum absolute atomic E-state index is 11.5. The molecule has 0 rings (SSSR count). The summed E-state index contributed by atoms with van der Waals surface area (Å²) < 4.78 is 9.65. The minimum absolute atomic E-state index is 0. The van der Waals surface area contributed by atoms with Gasteiger partial charge in [0.1, 0.15) is 5.60 Å². The summed E-state index contributed by atoms with van der Waals surface area (Å²) in [6.45, 7) is 6.70. The van der Waals surface area contributed by atoms with E-state index in [0.717, 1.165) is 6.54 Å². The third kappa shape index (κ3) is 22.5. The van der Waals surface area contributed by atoms with Crippen LogP contribution in [-0.4, -0.2) is 67.9 Å². The average molecular weight is 385 g/mol. The number of halogens is 1. The summed E-state index contributed by atoms with van der Waals surface area (Å²) in [4.78, 5) is 33.6. The summed E-state index contributed by atoms with van der Waals surface area (Å²) in [5, 5.41) is 11.0. The van der Waals surface area contributed by atoms with Crippen LogP contribution < -0.4 is 5.32 Å². The van der Waals surface area contributed by atoms with Gasteiger partial charge in [-0.15, -0.1) is 12.4 Å². The van der Waals surface area contributed by atoms with E-state index in [1.54, 1.807) is 7.05 Å². The van der Waals surface area contributed by atoms with Crippen LogP contribution in [0.2, 0.25) is 0 Å². The molecule has 0 saturated carbocycles. The molecule has 8 nitrogen and oxygen atoms in total. The second-order valence-electron chi connectivity index (χ2n) is 6.18. The third-order valence-corrected chi connectivity index (χ3v) is 2.62. The van der Waals surface area contributed by atoms with E-state index in [1.165, 1.54) is 12.0 Å². The summed E-state index contributed by atoms with van der Waals surface area (Å²) in [7, 11) is 4.80. The number of hydrogen-bond donors (Lipinski definition) is 2. The Morgan fingerprint density at radius 3 is 2.08 bits per heavy atom. The molecular weight excluding hydrogens is 352 g/mol. The van der Waals surface area contributed by atoms with Gasteiger partial charge in [0.15, 0.2) is 0 Å². The van der Waals surface area contributed by atoms with Crippen LogP contribution >= 0.6 is 12.4 Å². The summed E-state index contributed by atoms with van der Waals surface area (Å²) >= 11 is 0. The van der Waals surface area contributed by atoms with Crippen LogP contribution in [0.4, 0.5) is 4.79 Å². The first kappa shape index (κ1) is 28.3. The smallest absolute Gasteiger partial charge is 0.410 e. The second-order valence-corrected chi connectivity index (χ2v) is 6.18. The fraction of sp³-hybridized carbons (Fsp3) is 0.812. The van der Waals surface area contributed by atoms with Gasteiger partial charge in [-0.1, -0.05) is 0 Å². The first-order chi connectivity index (χ1) is 11.0. The number of carboxylic acids is 1. The van der Waals surface area contributed by atoms with Crippen molar-refractivity contribution in [3.05, 3.63) is 0 Å². The molecule has 0 radical (unpaired) electrons. The number of carbonyl (C=O) groups excluding carboxylic acids is 2. The number of amides is 1. The van der Waals surface area contributed by atoms with Crippen LogP contribution in [0.15, 0.2) is 0 Å². The lowest BCUT2D eigenvalue weighted by atomic mass is 10.2. The highest BCUT2D eigenvalue weighted by Crippen LogP contribution is 2.09. The SMILES string of the molecule is CNCCCC(=O)O.COC(=O)CCCN(C)C(=O)OC(C)(C)C.Cl. The van der Waals surface area contributed by atoms with Gasteiger partial charge in [0.25, 0.3) is 0 Å². The zero-order valence-electron chi connectivity index (χ0n) is 16.1. The van der Waals surface area contributed by atoms with Gasteiger partial charge in [-0.2, -0.15) is 0 Å². The van der Waals surface area contributed by atoms with E-state index < -0.39 is 11.6 Å². The Bertz CT molecular complexity index is 385. The zero-order valence-corrected chi connectivity index (χ0v) is 16.9. The normalized spacial score (nSPS) is 9.84. The molecule has 150 valence electrons. The molecule has 0 aromatic rings. The van der Waals surface area contributed by atoms with Crippen molar-refractivity contribution in [2.75, 3.05) is 34.3 Å². The number of nitrogens with one attached hydrogen (secondary N) is 1. The van der Waals surface area contributed by atoms with E-state index >= 15 is 0 Å². The molecule has 0 saturated heterocycles. The molecule has 0 unspecified atom stereocenters. The fourth-order valence-corrected chi connectivity index (χ4v) is 1.41. The lowest BCUT2D eigenvalue weighted by Gasteiger charge is -2.24. The molecule has 0 spiro atoms. The minimum Gasteiger partial charge on any atom is -0.481 e. The number of esters is 1. The number of nitrogens with zero attached hydrogens (tertiary/aromatic N) is 1. The Hall–Kier alpha value is -1.54. The fourth-order valence-electron chi connectivity index (χ4n) is 1.41. The Kier molecular flexibility index (Phi) is 18.0. The van der Waals surface area contributed by atoms with Crippen LogP contribution in [0.3, 0.4) is 0 Å². The Morgan fingerprint density at radius 2 is 1.68 bits per heavy atom. The van der Waals surface area contributed by atoms with Crippen LogP contribution in [0, 0.1) is 0 Å². The number of ether oxygens (including phenoxy) is 2. The van der Waals surface area contributed by atoms with Crippen molar-refractivity contribution in [3.8, 4) is 0 Å². The van der Waals surface area contributed by atoms with Gasteiger partial charge in [0.05, 0.1) is 7.11 Å². The van der Waals surface area contributed by atoms with Gasteiger partial charge in [0, 0.05) is 26.4 Å². The molecular formula is C16H33ClN2O6. The molecule has 25 heavy (non-hydrogen) atoms. The molecule has 2 N–H and O–H groups in total. The molecule has 0 bridgehead atoms. The van der Waals surface area contributed by atoms with Crippen molar-refractivity contribution in [3.63, 3.8) is 0 Å². The van der Waals surface area contributed by atoms with Crippen molar-refractivity contribution in [1.29, 1.82) is 0 Å². The molecule has 0 heterocycles. The van der Waals surface area contributed by atoms with Gasteiger partial charge in [-0.05, 0) is 47.2 Å². The Morgan fingerprint density at radius 1 is 1.12 bits per heavy atom. The van der Waals surface area contributed by atoms with Crippen LogP contribution in [0.1, 0.15) is 46.5 Å². The number of rotatable bonds is 8. The van der Waals surface area contributed by atoms with E-state index in [4.69, 9.17) is 9.84 Å². The Balaban J connectivity index is -0.000000457. The van der Waals surface area contributed by atoms with Gasteiger partial charge < -0.3 is 24.8 Å². The number of aliphatic carboxylic acids is 1. The zero-order chi connectivity index (χ0) is 19.2. The summed E-state index contributed by atoms with van der Waals surface area (Å²) in [6.07, 6.45) is 1.48. The van der Waals surface area contributed by atoms with E-state index in [-0.39, 0.29) is 30.9 Å². The van der Waals surface area contributed by atoms with E-state index in [9.17, 15) is 14.4 Å². The lowest BCUT2D eigenvalue weighted by Crippen LogP contribution is -2.34. The standard InChI is InChI=1S/C11H21NO4.C5H11NO2.ClH/c1-11(2,3)16-10(14)12(4)8-6-7-9(13)15-5;1-6-4-2-3-5(7)8;/h6-8H2,1-5H3;6H,2-4H2,1H3,(H,7,8);1H. The van der Waals surface area contributed by atoms with Crippen LogP contribution in [0.5, 0.6) is 0 Å². The number of methoxy groups -OCH3 is 1. The number of hydrogen-bond acceptors (Lipinski definition) is 6. The quantitative estimate of drug-likeness (QED) is 0.488. The number of carboxylic acid groups (broad SMARTS) is 1. The van der Waals surface area contributed by atoms with Crippen molar-refractivity contribution in [2.45, 2.75) is 52.1 Å². The molecule has 9 heteroatoms. The van der Waals surface area contributed by atoms with E-state index in [2.05, 4.69) is 10.1 Å². The molecule has 0 aliphatic heterocycles. The lowest BCUT2D eigenvalue weighted by molar-refractivity contribution is -0.141. The summed E-state index contributed by atoms with van der Waals surface area (Å²) in [6, 6.07) is 0. The van der Waals surface area contributed by atoms with Gasteiger partial charge in [0.2, 0.25) is 0 Å². The van der Waals surface area contributed by atoms with E-state index in [1.807, 2.05) is 27.8 Å². The van der Waals surface area contributed by atoms with Gasteiger partial charge in [-0.3, -0.25) is 9.59 Å². The number of carbonyl (C=O) groups is 3. The highest BCUT2D eigenvalue weighted by atomic mass is 35.5. The van der Waals surface area contributed by atoms with Crippen molar-refractivity contribution in [1.82, 2.24) is 10.2 Å². The van der Waals surface area contributed by atoms with Crippen molar-refractivity contribution < 1.29 is 29.0 Å². The molecule has 1 amide bonds. The van der Waals surface area contributed by atoms with Crippen molar-refractivity contribution >= 4 is 30.4 Å². The minimum atomic E-state index is -0.722. The van der Waals surface area contributed by atoms with Gasteiger partial charge in [-0.25, -0.2) is 4.79 Å². The molecule has 0 fully saturated rings.